The van der Waals surface area contributed by atoms with Crippen LogP contribution in [-0.4, -0.2) is 101 Å². The van der Waals surface area contributed by atoms with Gasteiger partial charge in [0.2, 0.25) is 0 Å². The minimum absolute atomic E-state index is 0.0215. The van der Waals surface area contributed by atoms with Crippen molar-refractivity contribution in [2.45, 2.75) is 20.8 Å². The second-order valence-electron chi connectivity index (χ2n) is 7.67. The Balaban J connectivity index is 6.91. The molecule has 1 amide bonds. The van der Waals surface area contributed by atoms with E-state index in [1.54, 1.807) is 19.0 Å². The van der Waals surface area contributed by atoms with Gasteiger partial charge in [-0.1, -0.05) is 0 Å². The molecule has 0 heterocycles. The quantitative estimate of drug-likeness (QED) is 0.510. The second-order valence-corrected chi connectivity index (χ2v) is 7.67. The number of carbonyl (C=O) groups is 1. The summed E-state index contributed by atoms with van der Waals surface area (Å²) in [6.45, 7) is 6.11. The van der Waals surface area contributed by atoms with Gasteiger partial charge in [0.1, 0.15) is 5.82 Å². The first kappa shape index (κ1) is 23.9. The van der Waals surface area contributed by atoms with Gasteiger partial charge in [0.05, 0.1) is 0 Å². The molecular weight excluding hydrogens is 326 g/mol. The van der Waals surface area contributed by atoms with Gasteiger partial charge in [-0.25, -0.2) is 0 Å². The first-order chi connectivity index (χ1) is 11.7. The molecule has 0 aromatic carbocycles. The number of nitrogens with zero attached hydrogens (tertiary/aromatic N) is 5. The second kappa shape index (κ2) is 9.55. The molecule has 0 aliphatic carbocycles. The van der Waals surface area contributed by atoms with Crippen LogP contribution in [0.3, 0.4) is 0 Å². The Morgan fingerprint density at radius 3 is 1.08 bits per heavy atom. The number of allylic oxidation sites excluding steroid dienone is 2. The number of amides is 1. The highest BCUT2D eigenvalue weighted by atomic mass is 16.2. The minimum atomic E-state index is 0.0215. The zero-order valence-electron chi connectivity index (χ0n) is 19.1. The van der Waals surface area contributed by atoms with Crippen molar-refractivity contribution in [3.8, 4) is 0 Å². The molecular formula is C20H39N5O. The predicted molar refractivity (Wildman–Crippen MR) is 112 cm³/mol. The summed E-state index contributed by atoms with van der Waals surface area (Å²) in [7, 11) is 19.8. The maximum atomic E-state index is 12.6. The van der Waals surface area contributed by atoms with Crippen molar-refractivity contribution >= 4 is 5.91 Å². The Morgan fingerprint density at radius 2 is 0.808 bits per heavy atom. The molecule has 0 saturated heterocycles. The Hall–Kier alpha value is -2.11. The summed E-state index contributed by atoms with van der Waals surface area (Å²) in [4.78, 5) is 22.6. The van der Waals surface area contributed by atoms with Crippen LogP contribution in [0.1, 0.15) is 20.8 Å². The Labute approximate surface area is 161 Å². The lowest BCUT2D eigenvalue weighted by molar-refractivity contribution is -0.124. The first-order valence-corrected chi connectivity index (χ1v) is 8.79. The van der Waals surface area contributed by atoms with Gasteiger partial charge in [-0.2, -0.15) is 0 Å². The Morgan fingerprint density at radius 1 is 0.462 bits per heavy atom. The molecule has 0 saturated carbocycles. The SMILES string of the molecule is CC(=C(N(C)C)N(C)C)/C(=C(C)/C(=C(\C)C(=O)N(C)C)N(C)C)N(C)C. The third-order valence-electron chi connectivity index (χ3n) is 4.22. The van der Waals surface area contributed by atoms with Gasteiger partial charge in [-0.3, -0.25) is 4.79 Å². The van der Waals surface area contributed by atoms with E-state index in [1.165, 1.54) is 0 Å². The van der Waals surface area contributed by atoms with Gasteiger partial charge in [0.25, 0.3) is 5.91 Å². The van der Waals surface area contributed by atoms with Gasteiger partial charge in [-0.15, -0.1) is 0 Å². The molecule has 0 rings (SSSR count). The Bertz CT molecular complexity index is 598. The summed E-state index contributed by atoms with van der Waals surface area (Å²) in [5, 5.41) is 0. The number of hydrogen-bond donors (Lipinski definition) is 0. The van der Waals surface area contributed by atoms with Gasteiger partial charge in [0.15, 0.2) is 0 Å². The average molecular weight is 366 g/mol. The molecule has 6 heteroatoms. The summed E-state index contributed by atoms with van der Waals surface area (Å²) in [6, 6.07) is 0. The van der Waals surface area contributed by atoms with Crippen LogP contribution in [0.2, 0.25) is 0 Å². The van der Waals surface area contributed by atoms with Crippen LogP contribution in [0.15, 0.2) is 33.9 Å². The number of rotatable bonds is 7. The van der Waals surface area contributed by atoms with E-state index in [9.17, 15) is 4.79 Å². The normalized spacial score (nSPS) is 12.7. The van der Waals surface area contributed by atoms with Crippen LogP contribution in [0, 0.1) is 0 Å². The van der Waals surface area contributed by atoms with E-state index in [0.29, 0.717) is 0 Å². The van der Waals surface area contributed by atoms with Crippen LogP contribution in [0.4, 0.5) is 0 Å². The lowest BCUT2D eigenvalue weighted by atomic mass is 10.0. The maximum Gasteiger partial charge on any atom is 0.251 e. The maximum absolute atomic E-state index is 12.6. The molecule has 0 unspecified atom stereocenters. The molecule has 0 fully saturated rings. The van der Waals surface area contributed by atoms with Gasteiger partial charge < -0.3 is 24.5 Å². The molecule has 0 N–H and O–H groups in total. The number of likely N-dealkylation sites (N-methyl/N-ethyl adjacent to an activating group) is 3. The summed E-state index contributed by atoms with van der Waals surface area (Å²) < 4.78 is 0. The minimum Gasteiger partial charge on any atom is -0.377 e. The summed E-state index contributed by atoms with van der Waals surface area (Å²) in [5.74, 6) is 1.15. The van der Waals surface area contributed by atoms with E-state index in [4.69, 9.17) is 0 Å². The predicted octanol–water partition coefficient (Wildman–Crippen LogP) is 2.10. The fourth-order valence-electron chi connectivity index (χ4n) is 3.63. The van der Waals surface area contributed by atoms with Crippen molar-refractivity contribution in [3.63, 3.8) is 0 Å². The van der Waals surface area contributed by atoms with Crippen LogP contribution in [0.25, 0.3) is 0 Å². The number of hydrogen-bond acceptors (Lipinski definition) is 5. The number of carbonyl (C=O) groups excluding carboxylic acids is 1. The third kappa shape index (κ3) is 5.44. The average Bonchev–Trinajstić information content (AvgIpc) is 2.44. The third-order valence-corrected chi connectivity index (χ3v) is 4.22. The fraction of sp³-hybridized carbons (Fsp3) is 0.650. The van der Waals surface area contributed by atoms with Crippen molar-refractivity contribution in [1.29, 1.82) is 0 Å². The lowest BCUT2D eigenvalue weighted by Crippen LogP contribution is -2.30. The first-order valence-electron chi connectivity index (χ1n) is 8.79. The molecule has 0 aliphatic heterocycles. The van der Waals surface area contributed by atoms with Gasteiger partial charge in [-0.05, 0) is 26.3 Å². The topological polar surface area (TPSA) is 33.3 Å². The monoisotopic (exact) mass is 365 g/mol. The van der Waals surface area contributed by atoms with Crippen LogP contribution < -0.4 is 0 Å². The molecule has 0 aromatic rings. The van der Waals surface area contributed by atoms with E-state index in [2.05, 4.69) is 28.5 Å². The largest absolute Gasteiger partial charge is 0.377 e. The highest BCUT2D eigenvalue weighted by Crippen LogP contribution is 2.29. The molecule has 0 radical (unpaired) electrons. The highest BCUT2D eigenvalue weighted by molar-refractivity contribution is 5.94. The highest BCUT2D eigenvalue weighted by Gasteiger charge is 2.22. The van der Waals surface area contributed by atoms with E-state index in [0.717, 1.165) is 33.9 Å². The zero-order chi connectivity index (χ0) is 20.9. The van der Waals surface area contributed by atoms with Crippen LogP contribution in [0.5, 0.6) is 0 Å². The summed E-state index contributed by atoms with van der Waals surface area (Å²) in [6.07, 6.45) is 0. The summed E-state index contributed by atoms with van der Waals surface area (Å²) in [5.41, 5.74) is 5.03. The van der Waals surface area contributed by atoms with E-state index < -0.39 is 0 Å². The standard InChI is InChI=1S/C20H39N5O/c1-14(18(22(6)7)16(3)20(26)25(12)13)17(21(4)5)15(2)19(23(8)9)24(10)11/h1-13H3/b17-14-,18-16-. The molecule has 0 aromatic heterocycles. The van der Waals surface area contributed by atoms with Crippen molar-refractivity contribution < 1.29 is 4.79 Å². The molecule has 0 bridgehead atoms. The smallest absolute Gasteiger partial charge is 0.251 e. The van der Waals surface area contributed by atoms with E-state index in [1.807, 2.05) is 68.2 Å². The lowest BCUT2D eigenvalue weighted by Gasteiger charge is -2.32. The van der Waals surface area contributed by atoms with E-state index >= 15 is 0 Å². The zero-order valence-corrected chi connectivity index (χ0v) is 19.1. The van der Waals surface area contributed by atoms with Crippen molar-refractivity contribution in [2.75, 3.05) is 70.5 Å². The molecule has 26 heavy (non-hydrogen) atoms. The van der Waals surface area contributed by atoms with Crippen LogP contribution in [-0.2, 0) is 4.79 Å². The van der Waals surface area contributed by atoms with Crippen molar-refractivity contribution in [1.82, 2.24) is 24.5 Å². The summed E-state index contributed by atoms with van der Waals surface area (Å²) >= 11 is 0. The van der Waals surface area contributed by atoms with Gasteiger partial charge >= 0.3 is 0 Å². The van der Waals surface area contributed by atoms with Gasteiger partial charge in [0, 0.05) is 93.0 Å². The molecule has 0 spiro atoms. The van der Waals surface area contributed by atoms with Crippen LogP contribution >= 0.6 is 0 Å². The fourth-order valence-corrected chi connectivity index (χ4v) is 3.63. The molecule has 0 aliphatic rings. The van der Waals surface area contributed by atoms with Crippen molar-refractivity contribution in [2.24, 2.45) is 0 Å². The molecule has 6 nitrogen and oxygen atoms in total. The Kier molecular flexibility index (Phi) is 8.77. The molecule has 150 valence electrons. The van der Waals surface area contributed by atoms with E-state index in [-0.39, 0.29) is 5.91 Å². The molecule has 0 atom stereocenters. The van der Waals surface area contributed by atoms with Crippen molar-refractivity contribution in [3.05, 3.63) is 33.9 Å².